The van der Waals surface area contributed by atoms with Crippen molar-refractivity contribution >= 4 is 47.2 Å². The molecule has 278 valence electrons. The number of rotatable bonds is 10. The molecule has 3 aliphatic rings. The second-order valence-electron chi connectivity index (χ2n) is 13.6. The van der Waals surface area contributed by atoms with Crippen molar-refractivity contribution in [2.45, 2.75) is 56.0 Å². The van der Waals surface area contributed by atoms with Gasteiger partial charge in [-0.15, -0.1) is 0 Å². The molecule has 4 amide bonds. The number of likely N-dealkylation sites (tertiary alicyclic amines) is 2. The number of hydrogen-bond donors (Lipinski definition) is 4. The normalized spacial score (nSPS) is 19.2. The second-order valence-corrected chi connectivity index (χ2v) is 13.6. The van der Waals surface area contributed by atoms with E-state index in [0.717, 1.165) is 23.1 Å². The summed E-state index contributed by atoms with van der Waals surface area (Å²) in [6.45, 7) is 0.904. The predicted molar refractivity (Wildman–Crippen MR) is 196 cm³/mol. The molecule has 4 aromatic rings. The van der Waals surface area contributed by atoms with Gasteiger partial charge in [0.1, 0.15) is 12.1 Å². The number of benzene rings is 3. The molecule has 7 rings (SSSR count). The molecular weight excluding hydrogens is 699 g/mol. The van der Waals surface area contributed by atoms with Crippen LogP contribution in [0.15, 0.2) is 97.3 Å². The van der Waals surface area contributed by atoms with Crippen LogP contribution in [-0.4, -0.2) is 69.8 Å². The number of amides is 4. The summed E-state index contributed by atoms with van der Waals surface area (Å²) in [4.78, 5) is 59.7. The lowest BCUT2D eigenvalue weighted by atomic mass is 10.0. The van der Waals surface area contributed by atoms with E-state index in [-0.39, 0.29) is 35.3 Å². The van der Waals surface area contributed by atoms with Gasteiger partial charge in [-0.05, 0) is 90.4 Å². The summed E-state index contributed by atoms with van der Waals surface area (Å²) in [6.07, 6.45) is 5.27. The average Bonchev–Trinajstić information content (AvgIpc) is 3.60. The summed E-state index contributed by atoms with van der Waals surface area (Å²) in [5, 5.41) is 5.82. The smallest absolute Gasteiger partial charge is 0.330 e. The molecule has 4 N–H and O–H groups in total. The third kappa shape index (κ3) is 7.89. The van der Waals surface area contributed by atoms with E-state index in [1.807, 2.05) is 54.6 Å². The molecule has 4 heterocycles. The second kappa shape index (κ2) is 15.2. The maximum atomic E-state index is 13.4. The Morgan fingerprint density at radius 1 is 0.759 bits per heavy atom. The third-order valence-corrected chi connectivity index (χ3v) is 9.96. The van der Waals surface area contributed by atoms with Crippen LogP contribution in [0.5, 0.6) is 0 Å². The molecule has 0 bridgehead atoms. The van der Waals surface area contributed by atoms with Gasteiger partial charge in [0.25, 0.3) is 5.91 Å². The van der Waals surface area contributed by atoms with Crippen molar-refractivity contribution < 1.29 is 32.3 Å². The van der Waals surface area contributed by atoms with Crippen LogP contribution in [0.1, 0.15) is 58.3 Å². The topological polar surface area (TPSA) is 156 Å². The average molecular weight is 738 g/mol. The van der Waals surface area contributed by atoms with E-state index in [1.165, 1.54) is 29.2 Å². The summed E-state index contributed by atoms with van der Waals surface area (Å²) >= 11 is 0. The quantitative estimate of drug-likeness (QED) is 0.124. The van der Waals surface area contributed by atoms with Crippen molar-refractivity contribution in [1.29, 1.82) is 0 Å². The van der Waals surface area contributed by atoms with Crippen molar-refractivity contribution in [3.8, 4) is 0 Å². The standard InChI is InChI=1S/C40H38F3N7O4/c41-40(42,43)39(47-48-39)30-15-13-29(14-16-30)38(54)50-23-3-6-34(50)37(53)46-32-19-11-27(12-20-32)8-7-26-9-17-31(18-10-26)45-36(52)33-5-2-22-49(33)35(51)24-28-4-1-21-44-25-28/h1,4,7-21,25,33-34,47-48H,2-3,5-6,22-24H2,(H,45,52)(H,46,53)/b8-7+/t33-,34-/m0/s1. The molecule has 3 aromatic carbocycles. The van der Waals surface area contributed by atoms with Crippen LogP contribution in [0.2, 0.25) is 0 Å². The Morgan fingerprint density at radius 3 is 1.80 bits per heavy atom. The molecule has 0 aliphatic carbocycles. The molecule has 54 heavy (non-hydrogen) atoms. The molecule has 0 saturated carbocycles. The van der Waals surface area contributed by atoms with Gasteiger partial charge in [-0.3, -0.25) is 24.2 Å². The Morgan fingerprint density at radius 2 is 1.30 bits per heavy atom. The van der Waals surface area contributed by atoms with Gasteiger partial charge < -0.3 is 20.4 Å². The van der Waals surface area contributed by atoms with Gasteiger partial charge in [0.2, 0.25) is 23.4 Å². The van der Waals surface area contributed by atoms with Gasteiger partial charge >= 0.3 is 6.18 Å². The minimum atomic E-state index is -4.55. The fourth-order valence-electron chi connectivity index (χ4n) is 6.94. The first-order chi connectivity index (χ1) is 26.0. The number of anilines is 2. The molecule has 1 aromatic heterocycles. The monoisotopic (exact) mass is 737 g/mol. The van der Waals surface area contributed by atoms with Crippen LogP contribution in [0.25, 0.3) is 12.2 Å². The Bertz CT molecular complexity index is 2040. The zero-order chi connectivity index (χ0) is 37.9. The fourth-order valence-corrected chi connectivity index (χ4v) is 6.94. The van der Waals surface area contributed by atoms with E-state index < -0.39 is 29.8 Å². The summed E-state index contributed by atoms with van der Waals surface area (Å²) in [6, 6.07) is 22.2. The molecule has 0 spiro atoms. The van der Waals surface area contributed by atoms with Crippen molar-refractivity contribution in [3.63, 3.8) is 0 Å². The number of carbonyl (C=O) groups is 4. The van der Waals surface area contributed by atoms with E-state index in [1.54, 1.807) is 35.5 Å². The van der Waals surface area contributed by atoms with Crippen LogP contribution in [0.4, 0.5) is 24.5 Å². The van der Waals surface area contributed by atoms with Gasteiger partial charge in [0.15, 0.2) is 0 Å². The van der Waals surface area contributed by atoms with Crippen molar-refractivity contribution in [2.75, 3.05) is 23.7 Å². The molecule has 0 unspecified atom stereocenters. The summed E-state index contributed by atoms with van der Waals surface area (Å²) in [5.74, 6) is -1.07. The van der Waals surface area contributed by atoms with Crippen LogP contribution >= 0.6 is 0 Å². The first-order valence-electron chi connectivity index (χ1n) is 17.7. The number of hydrogen-bond acceptors (Lipinski definition) is 7. The number of alkyl halides is 3. The molecule has 11 nitrogen and oxygen atoms in total. The number of carbonyl (C=O) groups excluding carboxylic acids is 4. The van der Waals surface area contributed by atoms with E-state index in [9.17, 15) is 32.3 Å². The van der Waals surface area contributed by atoms with E-state index >= 15 is 0 Å². The van der Waals surface area contributed by atoms with E-state index in [0.29, 0.717) is 43.7 Å². The molecule has 3 fully saturated rings. The van der Waals surface area contributed by atoms with Gasteiger partial charge in [0.05, 0.1) is 6.42 Å². The van der Waals surface area contributed by atoms with Crippen LogP contribution < -0.4 is 21.5 Å². The highest BCUT2D eigenvalue weighted by atomic mass is 19.4. The lowest BCUT2D eigenvalue weighted by molar-refractivity contribution is -0.165. The largest absolute Gasteiger partial charge is 0.426 e. The van der Waals surface area contributed by atoms with Gasteiger partial charge in [-0.2, -0.15) is 13.2 Å². The minimum Gasteiger partial charge on any atom is -0.330 e. The minimum absolute atomic E-state index is 0.0560. The zero-order valence-corrected chi connectivity index (χ0v) is 29.1. The van der Waals surface area contributed by atoms with Crippen LogP contribution in [-0.2, 0) is 26.5 Å². The highest BCUT2D eigenvalue weighted by molar-refractivity contribution is 6.02. The summed E-state index contributed by atoms with van der Waals surface area (Å²) in [5.41, 5.74) is 5.91. The molecule has 0 radical (unpaired) electrons. The highest BCUT2D eigenvalue weighted by Gasteiger charge is 2.65. The number of aromatic nitrogens is 1. The van der Waals surface area contributed by atoms with Crippen LogP contribution in [0, 0.1) is 0 Å². The maximum Gasteiger partial charge on any atom is 0.426 e. The van der Waals surface area contributed by atoms with Gasteiger partial charge in [0, 0.05) is 42.4 Å². The molecule has 3 aliphatic heterocycles. The lowest BCUT2D eigenvalue weighted by Gasteiger charge is -2.24. The van der Waals surface area contributed by atoms with Crippen LogP contribution in [0.3, 0.4) is 0 Å². The highest BCUT2D eigenvalue weighted by Crippen LogP contribution is 2.42. The Hall–Kier alpha value is -5.86. The maximum absolute atomic E-state index is 13.4. The van der Waals surface area contributed by atoms with Gasteiger partial charge in [-0.25, -0.2) is 10.9 Å². The van der Waals surface area contributed by atoms with E-state index in [4.69, 9.17) is 0 Å². The first kappa shape index (κ1) is 36.5. The Labute approximate surface area is 309 Å². The number of nitrogens with zero attached hydrogens (tertiary/aromatic N) is 3. The molecular formula is C40H38F3N7O4. The van der Waals surface area contributed by atoms with Crippen molar-refractivity contribution in [1.82, 2.24) is 25.6 Å². The molecule has 2 atom stereocenters. The van der Waals surface area contributed by atoms with Crippen molar-refractivity contribution in [3.05, 3.63) is 125 Å². The number of pyridine rings is 1. The third-order valence-electron chi connectivity index (χ3n) is 9.96. The SMILES string of the molecule is O=C(Nc1ccc(/C=C/c2ccc(NC(=O)[C@@H]3CCCN3C(=O)c3ccc(C4(C(F)(F)F)NN4)cc3)cc2)cc1)[C@@H]1CCCN1C(=O)Cc1cccnc1. The van der Waals surface area contributed by atoms with E-state index in [2.05, 4.69) is 26.5 Å². The van der Waals surface area contributed by atoms with Gasteiger partial charge in [-0.1, -0.05) is 54.6 Å². The number of nitrogens with one attached hydrogen (secondary N) is 4. The molecule has 14 heteroatoms. The lowest BCUT2D eigenvalue weighted by Crippen LogP contribution is -2.43. The first-order valence-corrected chi connectivity index (χ1v) is 17.7. The predicted octanol–water partition coefficient (Wildman–Crippen LogP) is 5.49. The Kier molecular flexibility index (Phi) is 10.3. The summed E-state index contributed by atoms with van der Waals surface area (Å²) in [7, 11) is 0. The Balaban J connectivity index is 0.898. The summed E-state index contributed by atoms with van der Waals surface area (Å²) < 4.78 is 40.2. The zero-order valence-electron chi connectivity index (χ0n) is 29.1. The molecule has 3 saturated heterocycles. The number of hydrazine groups is 1. The number of halogens is 3. The van der Waals surface area contributed by atoms with Crippen molar-refractivity contribution in [2.24, 2.45) is 0 Å². The fraction of sp³-hybridized carbons (Fsp3) is 0.275.